The van der Waals surface area contributed by atoms with Gasteiger partial charge < -0.3 is 14.2 Å². The lowest BCUT2D eigenvalue weighted by atomic mass is 9.80. The summed E-state index contributed by atoms with van der Waals surface area (Å²) in [5.41, 5.74) is 3.60. The van der Waals surface area contributed by atoms with Crippen LogP contribution in [-0.4, -0.2) is 58.5 Å². The van der Waals surface area contributed by atoms with E-state index in [0.717, 1.165) is 22.5 Å². The third-order valence-electron chi connectivity index (χ3n) is 6.40. The number of imidazole rings is 1. The zero-order chi connectivity index (χ0) is 24.0. The van der Waals surface area contributed by atoms with Gasteiger partial charge in [0.1, 0.15) is 17.3 Å². The lowest BCUT2D eigenvalue weighted by Gasteiger charge is -2.44. The topological polar surface area (TPSA) is 63.0 Å². The van der Waals surface area contributed by atoms with Crippen LogP contribution in [-0.2, 0) is 10.2 Å². The molecule has 3 aromatic rings. The van der Waals surface area contributed by atoms with E-state index < -0.39 is 0 Å². The number of fused-ring (bicyclic) bond motifs is 1. The Hall–Kier alpha value is -3.94. The Balaban J connectivity index is 1.44. The molecule has 1 aromatic heterocycles. The normalized spacial score (nSPS) is 21.1. The van der Waals surface area contributed by atoms with Crippen LogP contribution in [0.5, 0.6) is 5.75 Å². The van der Waals surface area contributed by atoms with Crippen molar-refractivity contribution in [3.63, 3.8) is 0 Å². The van der Waals surface area contributed by atoms with E-state index in [-0.39, 0.29) is 17.1 Å². The largest absolute Gasteiger partial charge is 0.495 e. The average Bonchev–Trinajstić information content (AvgIpc) is 3.38. The molecule has 174 valence electrons. The second kappa shape index (κ2) is 8.13. The van der Waals surface area contributed by atoms with E-state index in [4.69, 9.17) is 4.74 Å². The highest BCUT2D eigenvalue weighted by atomic mass is 19.1. The van der Waals surface area contributed by atoms with Gasteiger partial charge in [-0.05, 0) is 48.4 Å². The number of likely N-dealkylation sites (N-methyl/N-ethyl adjacent to an activating group) is 1. The molecule has 8 heteroatoms. The standard InChI is InChI=1S/C26H26FN5O2/c1-17-13-31(16-28-17)22-10-5-18(12-23(22)34-4)11-21-24(33)32-15-26(2,14-30(3)25(32)29-21)19-6-8-20(27)9-7-19/h5-13,16H,14-15H2,1-4H3/b21-11-. The van der Waals surface area contributed by atoms with Crippen molar-refractivity contribution in [3.8, 4) is 11.4 Å². The first-order valence-corrected chi connectivity index (χ1v) is 11.1. The van der Waals surface area contributed by atoms with Crippen LogP contribution in [0.15, 0.2) is 65.7 Å². The Bertz CT molecular complexity index is 1330. The van der Waals surface area contributed by atoms with Crippen molar-refractivity contribution in [2.45, 2.75) is 19.3 Å². The van der Waals surface area contributed by atoms with Crippen molar-refractivity contribution in [2.75, 3.05) is 27.2 Å². The molecular formula is C26H26FN5O2. The monoisotopic (exact) mass is 459 g/mol. The van der Waals surface area contributed by atoms with E-state index in [1.807, 2.05) is 47.8 Å². The van der Waals surface area contributed by atoms with Gasteiger partial charge in [0.15, 0.2) is 0 Å². The number of carbonyl (C=O) groups excluding carboxylic acids is 1. The zero-order valence-electron chi connectivity index (χ0n) is 19.6. The molecule has 0 aliphatic carbocycles. The molecule has 0 radical (unpaired) electrons. The first-order valence-electron chi connectivity index (χ1n) is 11.1. The minimum atomic E-state index is -0.347. The number of ether oxygens (including phenoxy) is 1. The van der Waals surface area contributed by atoms with Crippen molar-refractivity contribution in [3.05, 3.63) is 83.3 Å². The van der Waals surface area contributed by atoms with E-state index in [9.17, 15) is 9.18 Å². The first kappa shape index (κ1) is 21.9. The molecule has 1 atom stereocenters. The van der Waals surface area contributed by atoms with Gasteiger partial charge >= 0.3 is 0 Å². The zero-order valence-corrected chi connectivity index (χ0v) is 19.6. The molecule has 7 nitrogen and oxygen atoms in total. The number of aryl methyl sites for hydroxylation is 1. The van der Waals surface area contributed by atoms with E-state index in [1.165, 1.54) is 12.1 Å². The number of hydrogen-bond donors (Lipinski definition) is 0. The number of guanidine groups is 1. The molecule has 5 rings (SSSR count). The molecule has 0 bridgehead atoms. The highest BCUT2D eigenvalue weighted by Gasteiger charge is 2.44. The van der Waals surface area contributed by atoms with Crippen molar-refractivity contribution >= 4 is 17.9 Å². The molecule has 0 spiro atoms. The van der Waals surface area contributed by atoms with Gasteiger partial charge in [0.05, 0.1) is 24.8 Å². The Labute approximate surface area is 197 Å². The van der Waals surface area contributed by atoms with Gasteiger partial charge in [0.25, 0.3) is 5.91 Å². The number of aromatic nitrogens is 2. The number of halogens is 1. The lowest BCUT2D eigenvalue weighted by Crippen LogP contribution is -2.58. The van der Waals surface area contributed by atoms with Crippen LogP contribution in [0.25, 0.3) is 11.8 Å². The molecule has 3 heterocycles. The van der Waals surface area contributed by atoms with E-state index in [0.29, 0.717) is 30.5 Å². The molecule has 1 amide bonds. The van der Waals surface area contributed by atoms with Crippen LogP contribution in [0, 0.1) is 12.7 Å². The molecule has 34 heavy (non-hydrogen) atoms. The Morgan fingerprint density at radius 2 is 1.91 bits per heavy atom. The fraction of sp³-hybridized carbons (Fsp3) is 0.269. The molecule has 2 aliphatic rings. The second-order valence-corrected chi connectivity index (χ2v) is 9.11. The summed E-state index contributed by atoms with van der Waals surface area (Å²) in [7, 11) is 3.54. The molecule has 1 fully saturated rings. The van der Waals surface area contributed by atoms with Gasteiger partial charge in [-0.15, -0.1) is 0 Å². The number of hydrogen-bond acceptors (Lipinski definition) is 5. The summed E-state index contributed by atoms with van der Waals surface area (Å²) in [4.78, 5) is 25.9. The number of benzene rings is 2. The van der Waals surface area contributed by atoms with Gasteiger partial charge in [0, 0.05) is 31.7 Å². The molecule has 0 N–H and O–H groups in total. The smallest absolute Gasteiger partial charge is 0.279 e. The van der Waals surface area contributed by atoms with Crippen LogP contribution in [0.2, 0.25) is 0 Å². The maximum absolute atomic E-state index is 13.5. The summed E-state index contributed by atoms with van der Waals surface area (Å²) in [5.74, 6) is 0.880. The van der Waals surface area contributed by atoms with Gasteiger partial charge in [0.2, 0.25) is 5.96 Å². The van der Waals surface area contributed by atoms with E-state index in [1.54, 1.807) is 36.5 Å². The fourth-order valence-corrected chi connectivity index (χ4v) is 4.71. The van der Waals surface area contributed by atoms with E-state index in [2.05, 4.69) is 16.9 Å². The quantitative estimate of drug-likeness (QED) is 0.558. The number of aliphatic imine (C=N–C) groups is 1. The summed E-state index contributed by atoms with van der Waals surface area (Å²) in [5, 5.41) is 0. The van der Waals surface area contributed by atoms with Crippen LogP contribution >= 0.6 is 0 Å². The minimum absolute atomic E-state index is 0.150. The van der Waals surface area contributed by atoms with Crippen molar-refractivity contribution in [1.82, 2.24) is 19.4 Å². The van der Waals surface area contributed by atoms with Crippen molar-refractivity contribution < 1.29 is 13.9 Å². The highest BCUT2D eigenvalue weighted by molar-refractivity contribution is 6.14. The lowest BCUT2D eigenvalue weighted by molar-refractivity contribution is -0.124. The summed E-state index contributed by atoms with van der Waals surface area (Å²) in [6.07, 6.45) is 5.44. The van der Waals surface area contributed by atoms with Crippen LogP contribution in [0.4, 0.5) is 4.39 Å². The first-order chi connectivity index (χ1) is 16.3. The Morgan fingerprint density at radius 3 is 2.59 bits per heavy atom. The summed E-state index contributed by atoms with van der Waals surface area (Å²) in [6, 6.07) is 12.2. The second-order valence-electron chi connectivity index (χ2n) is 9.11. The average molecular weight is 460 g/mol. The van der Waals surface area contributed by atoms with Gasteiger partial charge in [-0.1, -0.05) is 25.1 Å². The fourth-order valence-electron chi connectivity index (χ4n) is 4.71. The van der Waals surface area contributed by atoms with Crippen molar-refractivity contribution in [2.24, 2.45) is 4.99 Å². The summed E-state index contributed by atoms with van der Waals surface area (Å²) < 4.78 is 20.9. The third-order valence-corrected chi connectivity index (χ3v) is 6.40. The number of methoxy groups -OCH3 is 1. The maximum atomic E-state index is 13.5. The summed E-state index contributed by atoms with van der Waals surface area (Å²) >= 11 is 0. The minimum Gasteiger partial charge on any atom is -0.495 e. The summed E-state index contributed by atoms with van der Waals surface area (Å²) in [6.45, 7) is 5.16. The predicted octanol–water partition coefficient (Wildman–Crippen LogP) is 3.77. The third kappa shape index (κ3) is 3.75. The highest BCUT2D eigenvalue weighted by Crippen LogP contribution is 2.34. The number of carbonyl (C=O) groups is 1. The van der Waals surface area contributed by atoms with Crippen LogP contribution in [0.1, 0.15) is 23.7 Å². The molecule has 0 saturated carbocycles. The molecule has 2 aromatic carbocycles. The maximum Gasteiger partial charge on any atom is 0.279 e. The Kier molecular flexibility index (Phi) is 5.23. The van der Waals surface area contributed by atoms with Crippen LogP contribution < -0.4 is 4.74 Å². The predicted molar refractivity (Wildman–Crippen MR) is 128 cm³/mol. The molecule has 1 saturated heterocycles. The number of nitrogens with zero attached hydrogens (tertiary/aromatic N) is 5. The Morgan fingerprint density at radius 1 is 1.15 bits per heavy atom. The number of rotatable bonds is 4. The molecule has 1 unspecified atom stereocenters. The van der Waals surface area contributed by atoms with Gasteiger partial charge in [-0.2, -0.15) is 0 Å². The molecule has 2 aliphatic heterocycles. The SMILES string of the molecule is COc1cc(/C=C2\N=C3N(C)CC(C)(c4ccc(F)cc4)CN3C2=O)ccc1-n1cnc(C)c1. The van der Waals surface area contributed by atoms with Crippen molar-refractivity contribution in [1.29, 1.82) is 0 Å². The van der Waals surface area contributed by atoms with Gasteiger partial charge in [-0.25, -0.2) is 14.4 Å². The molecular weight excluding hydrogens is 433 g/mol. The van der Waals surface area contributed by atoms with Crippen LogP contribution in [0.3, 0.4) is 0 Å². The van der Waals surface area contributed by atoms with E-state index >= 15 is 0 Å². The van der Waals surface area contributed by atoms with Gasteiger partial charge in [-0.3, -0.25) is 9.69 Å². The number of amides is 1.